The van der Waals surface area contributed by atoms with Crippen LogP contribution in [-0.2, 0) is 6.42 Å². The molecule has 1 N–H and O–H groups in total. The van der Waals surface area contributed by atoms with Crippen molar-refractivity contribution in [3.05, 3.63) is 29.8 Å². The molecule has 0 aliphatic heterocycles. The molecule has 2 heteroatoms. The van der Waals surface area contributed by atoms with E-state index in [4.69, 9.17) is 0 Å². The van der Waals surface area contributed by atoms with Crippen LogP contribution in [0.15, 0.2) is 24.3 Å². The van der Waals surface area contributed by atoms with E-state index in [1.165, 1.54) is 107 Å². The normalized spacial score (nSPS) is 11.1. The van der Waals surface area contributed by atoms with Crippen LogP contribution in [0.3, 0.4) is 0 Å². The molecule has 1 aromatic rings. The van der Waals surface area contributed by atoms with E-state index >= 15 is 0 Å². The Kier molecular flexibility index (Phi) is 15.3. The summed E-state index contributed by atoms with van der Waals surface area (Å²) < 4.78 is 0. The minimum Gasteiger partial charge on any atom is -0.508 e. The predicted octanol–water partition coefficient (Wildman–Crippen LogP) is 8.18. The van der Waals surface area contributed by atoms with Crippen LogP contribution in [0.5, 0.6) is 5.75 Å². The maximum Gasteiger partial charge on any atom is 0.115 e. The Labute approximate surface area is 164 Å². The maximum atomic E-state index is 9.27. The number of rotatable bonds is 17. The lowest BCUT2D eigenvalue weighted by Gasteiger charge is -2.04. The molecule has 0 amide bonds. The summed E-state index contributed by atoms with van der Waals surface area (Å²) >= 11 is 3.49. The Balaban J connectivity index is 1.74. The van der Waals surface area contributed by atoms with Gasteiger partial charge >= 0.3 is 0 Å². The molecule has 0 radical (unpaired) electrons. The molecule has 144 valence electrons. The van der Waals surface area contributed by atoms with Gasteiger partial charge in [-0.2, -0.15) is 0 Å². The van der Waals surface area contributed by atoms with Gasteiger partial charge in [-0.1, -0.05) is 112 Å². The third-order valence-electron chi connectivity index (χ3n) is 5.04. The lowest BCUT2D eigenvalue weighted by atomic mass is 10.0. The van der Waals surface area contributed by atoms with Gasteiger partial charge in [0.15, 0.2) is 0 Å². The Morgan fingerprint density at radius 1 is 0.520 bits per heavy atom. The molecule has 0 saturated heterocycles. The van der Waals surface area contributed by atoms with Crippen molar-refractivity contribution in [3.63, 3.8) is 0 Å². The molecule has 0 aromatic heterocycles. The second kappa shape index (κ2) is 16.9. The molecule has 0 aliphatic rings. The number of hydrogen-bond donors (Lipinski definition) is 1. The van der Waals surface area contributed by atoms with Gasteiger partial charge in [0.1, 0.15) is 5.75 Å². The molecule has 1 rings (SSSR count). The van der Waals surface area contributed by atoms with Crippen molar-refractivity contribution in [2.75, 3.05) is 5.33 Å². The first-order valence-corrected chi connectivity index (χ1v) is 11.8. The molecule has 0 aliphatic carbocycles. The second-order valence-corrected chi connectivity index (χ2v) is 8.20. The molecular weight excluding hydrogens is 372 g/mol. The first kappa shape index (κ1) is 22.5. The Hall–Kier alpha value is -0.500. The van der Waals surface area contributed by atoms with Crippen molar-refractivity contribution >= 4 is 15.9 Å². The minimum atomic E-state index is 0.369. The van der Waals surface area contributed by atoms with E-state index in [2.05, 4.69) is 15.9 Å². The SMILES string of the molecule is Oc1ccc(CCCCCCCCCCCCCCCCCBr)cc1. The second-order valence-electron chi connectivity index (χ2n) is 7.41. The van der Waals surface area contributed by atoms with Crippen molar-refractivity contribution in [1.29, 1.82) is 0 Å². The van der Waals surface area contributed by atoms with E-state index in [0.29, 0.717) is 5.75 Å². The number of hydrogen-bond acceptors (Lipinski definition) is 1. The van der Waals surface area contributed by atoms with Crippen LogP contribution in [0.4, 0.5) is 0 Å². The molecule has 1 nitrogen and oxygen atoms in total. The number of alkyl halides is 1. The Morgan fingerprint density at radius 2 is 0.880 bits per heavy atom. The monoisotopic (exact) mass is 410 g/mol. The van der Waals surface area contributed by atoms with Gasteiger partial charge < -0.3 is 5.11 Å². The number of phenolic OH excluding ortho intramolecular Hbond substituents is 1. The van der Waals surface area contributed by atoms with Crippen LogP contribution in [0.2, 0.25) is 0 Å². The van der Waals surface area contributed by atoms with Crippen molar-refractivity contribution in [2.45, 2.75) is 103 Å². The molecular formula is C23H39BrO. The highest BCUT2D eigenvalue weighted by molar-refractivity contribution is 9.09. The van der Waals surface area contributed by atoms with Gasteiger partial charge in [0.25, 0.3) is 0 Å². The van der Waals surface area contributed by atoms with Crippen LogP contribution in [0.25, 0.3) is 0 Å². The molecule has 0 fully saturated rings. The first-order chi connectivity index (χ1) is 12.3. The number of halogens is 1. The van der Waals surface area contributed by atoms with Crippen LogP contribution in [-0.4, -0.2) is 10.4 Å². The summed E-state index contributed by atoms with van der Waals surface area (Å²) in [7, 11) is 0. The highest BCUT2D eigenvalue weighted by atomic mass is 79.9. The molecule has 0 saturated carbocycles. The molecule has 0 unspecified atom stereocenters. The van der Waals surface area contributed by atoms with Crippen molar-refractivity contribution < 1.29 is 5.11 Å². The predicted molar refractivity (Wildman–Crippen MR) is 115 cm³/mol. The standard InChI is InChI=1S/C23H39BrO/c24-21-15-13-11-9-7-5-3-1-2-4-6-8-10-12-14-16-22-17-19-23(25)20-18-22/h17-20,25H,1-16,21H2. The van der Waals surface area contributed by atoms with E-state index in [0.717, 1.165) is 6.42 Å². The zero-order valence-corrected chi connectivity index (χ0v) is 17.7. The van der Waals surface area contributed by atoms with Gasteiger partial charge in [0.2, 0.25) is 0 Å². The van der Waals surface area contributed by atoms with E-state index in [-0.39, 0.29) is 0 Å². The highest BCUT2D eigenvalue weighted by Gasteiger charge is 1.96. The summed E-state index contributed by atoms with van der Waals surface area (Å²) in [6.45, 7) is 0. The average molecular weight is 411 g/mol. The summed E-state index contributed by atoms with van der Waals surface area (Å²) in [5, 5.41) is 10.4. The number of unbranched alkanes of at least 4 members (excludes halogenated alkanes) is 14. The summed E-state index contributed by atoms with van der Waals surface area (Å²) in [5.41, 5.74) is 1.35. The average Bonchev–Trinajstić information content (AvgIpc) is 2.63. The Bertz CT molecular complexity index is 388. The molecule has 0 heterocycles. The topological polar surface area (TPSA) is 20.2 Å². The first-order valence-electron chi connectivity index (χ1n) is 10.7. The highest BCUT2D eigenvalue weighted by Crippen LogP contribution is 2.15. The van der Waals surface area contributed by atoms with Gasteiger partial charge in [-0.05, 0) is 37.0 Å². The van der Waals surface area contributed by atoms with E-state index in [1.807, 2.05) is 12.1 Å². The van der Waals surface area contributed by atoms with Crippen LogP contribution in [0.1, 0.15) is 102 Å². The zero-order chi connectivity index (χ0) is 18.0. The summed E-state index contributed by atoms with van der Waals surface area (Å²) in [4.78, 5) is 0. The fraction of sp³-hybridized carbons (Fsp3) is 0.739. The van der Waals surface area contributed by atoms with Crippen molar-refractivity contribution in [1.82, 2.24) is 0 Å². The lowest BCUT2D eigenvalue weighted by Crippen LogP contribution is -1.86. The lowest BCUT2D eigenvalue weighted by molar-refractivity contribution is 0.475. The largest absolute Gasteiger partial charge is 0.508 e. The summed E-state index contributed by atoms with van der Waals surface area (Å²) in [6.07, 6.45) is 22.3. The van der Waals surface area contributed by atoms with Crippen LogP contribution < -0.4 is 0 Å². The van der Waals surface area contributed by atoms with Crippen molar-refractivity contribution in [2.24, 2.45) is 0 Å². The van der Waals surface area contributed by atoms with E-state index in [9.17, 15) is 5.11 Å². The van der Waals surface area contributed by atoms with Gasteiger partial charge in [-0.25, -0.2) is 0 Å². The minimum absolute atomic E-state index is 0.369. The quantitative estimate of drug-likeness (QED) is 0.202. The number of aromatic hydroxyl groups is 1. The third kappa shape index (κ3) is 14.4. The maximum absolute atomic E-state index is 9.27. The number of aryl methyl sites for hydroxylation is 1. The number of phenols is 1. The number of benzene rings is 1. The van der Waals surface area contributed by atoms with E-state index < -0.39 is 0 Å². The molecule has 25 heavy (non-hydrogen) atoms. The van der Waals surface area contributed by atoms with Crippen LogP contribution >= 0.6 is 15.9 Å². The van der Waals surface area contributed by atoms with Gasteiger partial charge in [-0.3, -0.25) is 0 Å². The summed E-state index contributed by atoms with van der Waals surface area (Å²) in [5.74, 6) is 0.369. The third-order valence-corrected chi connectivity index (χ3v) is 5.60. The van der Waals surface area contributed by atoms with Crippen LogP contribution in [0, 0.1) is 0 Å². The van der Waals surface area contributed by atoms with Gasteiger partial charge in [0, 0.05) is 5.33 Å². The fourth-order valence-electron chi connectivity index (χ4n) is 3.38. The van der Waals surface area contributed by atoms with E-state index in [1.54, 1.807) is 12.1 Å². The Morgan fingerprint density at radius 3 is 1.28 bits per heavy atom. The molecule has 0 bridgehead atoms. The molecule has 1 aromatic carbocycles. The van der Waals surface area contributed by atoms with Gasteiger partial charge in [-0.15, -0.1) is 0 Å². The molecule has 0 spiro atoms. The fourth-order valence-corrected chi connectivity index (χ4v) is 3.78. The van der Waals surface area contributed by atoms with Crippen molar-refractivity contribution in [3.8, 4) is 5.75 Å². The van der Waals surface area contributed by atoms with Gasteiger partial charge in [0.05, 0.1) is 0 Å². The smallest absolute Gasteiger partial charge is 0.115 e. The molecule has 0 atom stereocenters. The summed E-state index contributed by atoms with van der Waals surface area (Å²) in [6, 6.07) is 7.66. The zero-order valence-electron chi connectivity index (χ0n) is 16.2.